The van der Waals surface area contributed by atoms with E-state index >= 15 is 0 Å². The van der Waals surface area contributed by atoms with Crippen LogP contribution in [0.1, 0.15) is 26.3 Å². The minimum Gasteiger partial charge on any atom is -0.383 e. The molecule has 0 spiro atoms. The van der Waals surface area contributed by atoms with Gasteiger partial charge in [-0.2, -0.15) is 0 Å². The first-order chi connectivity index (χ1) is 6.38. The molecule has 0 saturated heterocycles. The maximum atomic E-state index is 12.8. The van der Waals surface area contributed by atoms with Crippen molar-refractivity contribution in [1.82, 2.24) is 0 Å². The van der Waals surface area contributed by atoms with Crippen LogP contribution in [0.2, 0.25) is 0 Å². The molecule has 0 bridgehead atoms. The summed E-state index contributed by atoms with van der Waals surface area (Å²) in [6.45, 7) is 5.83. The first kappa shape index (κ1) is 10.7. The Kier molecular flexibility index (Phi) is 2.89. The molecule has 1 aromatic carbocycles. The lowest BCUT2D eigenvalue weighted by Gasteiger charge is -2.13. The molecule has 2 nitrogen and oxygen atoms in total. The largest absolute Gasteiger partial charge is 0.383 e. The fourth-order valence-corrected chi connectivity index (χ4v) is 1.07. The molecule has 0 aliphatic carbocycles. The summed E-state index contributed by atoms with van der Waals surface area (Å²) in [7, 11) is 0. The zero-order valence-corrected chi connectivity index (χ0v) is 8.71. The molecule has 0 atom stereocenters. The van der Waals surface area contributed by atoms with Gasteiger partial charge in [-0.05, 0) is 32.9 Å². The van der Waals surface area contributed by atoms with Gasteiger partial charge in [-0.1, -0.05) is 12.1 Å². The maximum Gasteiger partial charge on any atom is 0.126 e. The average Bonchev–Trinajstić information content (AvgIpc) is 2.01. The molecule has 0 radical (unpaired) electrons. The molecule has 0 aromatic heterocycles. The van der Waals surface area contributed by atoms with Crippen LogP contribution in [0.15, 0.2) is 29.3 Å². The number of aliphatic imine (C=N–C) groups is 1. The van der Waals surface area contributed by atoms with E-state index in [1.54, 1.807) is 12.1 Å². The van der Waals surface area contributed by atoms with Crippen molar-refractivity contribution in [2.75, 3.05) is 0 Å². The van der Waals surface area contributed by atoms with E-state index < -0.39 is 0 Å². The van der Waals surface area contributed by atoms with Crippen LogP contribution in [-0.4, -0.2) is 11.4 Å². The fourth-order valence-electron chi connectivity index (χ4n) is 1.07. The third-order valence-electron chi connectivity index (χ3n) is 1.58. The standard InChI is InChI=1S/C11H15FN2/c1-11(2,3)14-10(13)8-5-4-6-9(12)7-8/h4-7H,1-3H3,(H2,13,14). The predicted octanol–water partition coefficient (Wildman–Crippen LogP) is 2.33. The number of nitrogens with two attached hydrogens (primary N) is 1. The molecular weight excluding hydrogens is 179 g/mol. The van der Waals surface area contributed by atoms with Crippen LogP contribution in [0.3, 0.4) is 0 Å². The van der Waals surface area contributed by atoms with Gasteiger partial charge >= 0.3 is 0 Å². The average molecular weight is 194 g/mol. The van der Waals surface area contributed by atoms with E-state index in [0.717, 1.165) is 0 Å². The van der Waals surface area contributed by atoms with Crippen LogP contribution in [0.25, 0.3) is 0 Å². The topological polar surface area (TPSA) is 38.4 Å². The summed E-state index contributed by atoms with van der Waals surface area (Å²) >= 11 is 0. The third kappa shape index (κ3) is 3.17. The van der Waals surface area contributed by atoms with E-state index in [-0.39, 0.29) is 11.4 Å². The number of hydrogen-bond donors (Lipinski definition) is 1. The van der Waals surface area contributed by atoms with Gasteiger partial charge in [0, 0.05) is 5.56 Å². The fraction of sp³-hybridized carbons (Fsp3) is 0.364. The number of nitrogens with zero attached hydrogens (tertiary/aromatic N) is 1. The van der Waals surface area contributed by atoms with Crippen molar-refractivity contribution in [3.63, 3.8) is 0 Å². The molecule has 3 heteroatoms. The van der Waals surface area contributed by atoms with Crippen LogP contribution in [0.5, 0.6) is 0 Å². The minimum absolute atomic E-state index is 0.240. The van der Waals surface area contributed by atoms with E-state index in [1.165, 1.54) is 12.1 Å². The van der Waals surface area contributed by atoms with Crippen molar-refractivity contribution >= 4 is 5.84 Å². The molecular formula is C11H15FN2. The summed E-state index contributed by atoms with van der Waals surface area (Å²) in [4.78, 5) is 4.25. The molecule has 76 valence electrons. The Bertz CT molecular complexity index is 351. The summed E-state index contributed by atoms with van der Waals surface area (Å²) in [5.41, 5.74) is 6.12. The molecule has 0 heterocycles. The number of benzene rings is 1. The van der Waals surface area contributed by atoms with Crippen LogP contribution in [0.4, 0.5) is 4.39 Å². The summed E-state index contributed by atoms with van der Waals surface area (Å²) in [5, 5.41) is 0. The molecule has 0 aliphatic heterocycles. The molecule has 1 rings (SSSR count). The third-order valence-corrected chi connectivity index (χ3v) is 1.58. The first-order valence-corrected chi connectivity index (χ1v) is 4.50. The Morgan fingerprint density at radius 2 is 2.00 bits per heavy atom. The molecule has 0 amide bonds. The summed E-state index contributed by atoms with van der Waals surface area (Å²) in [6.07, 6.45) is 0. The Morgan fingerprint density at radius 3 is 2.50 bits per heavy atom. The molecule has 0 fully saturated rings. The normalized spacial score (nSPS) is 13.0. The Labute approximate surface area is 83.7 Å². The van der Waals surface area contributed by atoms with E-state index in [0.29, 0.717) is 11.4 Å². The van der Waals surface area contributed by atoms with Crippen molar-refractivity contribution < 1.29 is 4.39 Å². The Balaban J connectivity index is 3.01. The lowest BCUT2D eigenvalue weighted by Crippen LogP contribution is -2.21. The first-order valence-electron chi connectivity index (χ1n) is 4.50. The smallest absolute Gasteiger partial charge is 0.126 e. The number of rotatable bonds is 1. The lowest BCUT2D eigenvalue weighted by molar-refractivity contribution is 0.583. The highest BCUT2D eigenvalue weighted by Gasteiger charge is 2.09. The minimum atomic E-state index is -0.297. The highest BCUT2D eigenvalue weighted by Crippen LogP contribution is 2.09. The monoisotopic (exact) mass is 194 g/mol. The van der Waals surface area contributed by atoms with Gasteiger partial charge < -0.3 is 5.73 Å². The van der Waals surface area contributed by atoms with Crippen molar-refractivity contribution in [2.24, 2.45) is 10.7 Å². The van der Waals surface area contributed by atoms with Gasteiger partial charge in [0.1, 0.15) is 11.7 Å². The SMILES string of the molecule is CC(C)(C)N=C(N)c1cccc(F)c1. The van der Waals surface area contributed by atoms with Crippen LogP contribution in [0, 0.1) is 5.82 Å². The van der Waals surface area contributed by atoms with Crippen LogP contribution < -0.4 is 5.73 Å². The van der Waals surface area contributed by atoms with Gasteiger partial charge in [0.15, 0.2) is 0 Å². The van der Waals surface area contributed by atoms with E-state index in [9.17, 15) is 4.39 Å². The van der Waals surface area contributed by atoms with E-state index in [1.807, 2.05) is 20.8 Å². The predicted molar refractivity (Wildman–Crippen MR) is 56.9 cm³/mol. The molecule has 1 aromatic rings. The summed E-state index contributed by atoms with van der Waals surface area (Å²) < 4.78 is 12.8. The lowest BCUT2D eigenvalue weighted by atomic mass is 10.1. The number of halogens is 1. The zero-order valence-electron chi connectivity index (χ0n) is 8.71. The second-order valence-corrected chi connectivity index (χ2v) is 4.18. The summed E-state index contributed by atoms with van der Waals surface area (Å²) in [5.74, 6) is 0.0755. The zero-order chi connectivity index (χ0) is 10.8. The van der Waals surface area contributed by atoms with E-state index in [2.05, 4.69) is 4.99 Å². The maximum absolute atomic E-state index is 12.8. The van der Waals surface area contributed by atoms with Crippen molar-refractivity contribution in [3.05, 3.63) is 35.6 Å². The van der Waals surface area contributed by atoms with Crippen LogP contribution in [-0.2, 0) is 0 Å². The van der Waals surface area contributed by atoms with Gasteiger partial charge in [-0.25, -0.2) is 4.39 Å². The highest BCUT2D eigenvalue weighted by atomic mass is 19.1. The Morgan fingerprint density at radius 1 is 1.36 bits per heavy atom. The van der Waals surface area contributed by atoms with Crippen molar-refractivity contribution in [3.8, 4) is 0 Å². The molecule has 2 N–H and O–H groups in total. The molecule has 0 unspecified atom stereocenters. The van der Waals surface area contributed by atoms with Gasteiger partial charge in [0.2, 0.25) is 0 Å². The second-order valence-electron chi connectivity index (χ2n) is 4.18. The number of hydrogen-bond acceptors (Lipinski definition) is 1. The van der Waals surface area contributed by atoms with Gasteiger partial charge in [-0.15, -0.1) is 0 Å². The van der Waals surface area contributed by atoms with Gasteiger partial charge in [0.05, 0.1) is 5.54 Å². The summed E-state index contributed by atoms with van der Waals surface area (Å²) in [6, 6.07) is 6.13. The van der Waals surface area contributed by atoms with Crippen molar-refractivity contribution in [1.29, 1.82) is 0 Å². The quantitative estimate of drug-likeness (QED) is 0.540. The van der Waals surface area contributed by atoms with E-state index in [4.69, 9.17) is 5.73 Å². The molecule has 14 heavy (non-hydrogen) atoms. The molecule has 0 aliphatic rings. The Hall–Kier alpha value is -1.38. The molecule has 0 saturated carbocycles. The van der Waals surface area contributed by atoms with Crippen LogP contribution >= 0.6 is 0 Å². The van der Waals surface area contributed by atoms with Crippen molar-refractivity contribution in [2.45, 2.75) is 26.3 Å². The number of amidine groups is 1. The van der Waals surface area contributed by atoms with Gasteiger partial charge in [0.25, 0.3) is 0 Å². The van der Waals surface area contributed by atoms with Gasteiger partial charge in [-0.3, -0.25) is 4.99 Å². The second kappa shape index (κ2) is 3.78. The highest BCUT2D eigenvalue weighted by molar-refractivity contribution is 5.97.